The van der Waals surface area contributed by atoms with Gasteiger partial charge in [-0.25, -0.2) is 0 Å². The molecule has 0 aliphatic carbocycles. The molecule has 0 spiro atoms. The van der Waals surface area contributed by atoms with Gasteiger partial charge in [-0.05, 0) is 34.7 Å². The number of aliphatic hydroxyl groups excluding tert-OH is 1. The van der Waals surface area contributed by atoms with Crippen LogP contribution in [0.4, 0.5) is 0 Å². The Morgan fingerprint density at radius 3 is 2.85 bits per heavy atom. The van der Waals surface area contributed by atoms with Gasteiger partial charge in [0, 0.05) is 0 Å². The molecule has 72 valence electrons. The van der Waals surface area contributed by atoms with Crippen molar-refractivity contribution < 1.29 is 14.6 Å². The number of benzene rings is 1. The Morgan fingerprint density at radius 1 is 1.46 bits per heavy atom. The SMILES string of the molecule is COc1cccc(I)c1OCCO. The Morgan fingerprint density at radius 2 is 2.23 bits per heavy atom. The molecule has 0 bridgehead atoms. The van der Waals surface area contributed by atoms with E-state index in [-0.39, 0.29) is 13.2 Å². The molecule has 4 heteroatoms. The molecule has 0 fully saturated rings. The summed E-state index contributed by atoms with van der Waals surface area (Å²) in [5.74, 6) is 1.39. The van der Waals surface area contributed by atoms with Crippen molar-refractivity contribution in [2.75, 3.05) is 20.3 Å². The van der Waals surface area contributed by atoms with Gasteiger partial charge < -0.3 is 14.6 Å². The standard InChI is InChI=1S/C9H11IO3/c1-12-8-4-2-3-7(10)9(8)13-6-5-11/h2-4,11H,5-6H2,1H3. The molecule has 0 unspecified atom stereocenters. The third-order valence-corrected chi connectivity index (χ3v) is 2.34. The molecule has 0 saturated carbocycles. The fraction of sp³-hybridized carbons (Fsp3) is 0.333. The zero-order chi connectivity index (χ0) is 9.68. The summed E-state index contributed by atoms with van der Waals surface area (Å²) < 4.78 is 11.4. The fourth-order valence-electron chi connectivity index (χ4n) is 0.938. The molecule has 0 aliphatic rings. The smallest absolute Gasteiger partial charge is 0.174 e. The molecule has 3 nitrogen and oxygen atoms in total. The minimum atomic E-state index is 0.00806. The molecule has 0 aromatic heterocycles. The van der Waals surface area contributed by atoms with Crippen LogP contribution in [0.15, 0.2) is 18.2 Å². The second kappa shape index (κ2) is 5.29. The van der Waals surface area contributed by atoms with Gasteiger partial charge in [-0.2, -0.15) is 0 Å². The monoisotopic (exact) mass is 294 g/mol. The van der Waals surface area contributed by atoms with Crippen LogP contribution < -0.4 is 9.47 Å². The maximum absolute atomic E-state index is 8.61. The molecule has 0 heterocycles. The van der Waals surface area contributed by atoms with E-state index in [1.165, 1.54) is 0 Å². The molecule has 1 N–H and O–H groups in total. The molecule has 0 aliphatic heterocycles. The Bertz CT molecular complexity index is 276. The normalized spacial score (nSPS) is 9.77. The molecule has 0 saturated heterocycles. The van der Waals surface area contributed by atoms with Gasteiger partial charge >= 0.3 is 0 Å². The average molecular weight is 294 g/mol. The first kappa shape index (κ1) is 10.6. The summed E-state index contributed by atoms with van der Waals surface area (Å²) >= 11 is 2.16. The van der Waals surface area contributed by atoms with Crippen molar-refractivity contribution in [1.29, 1.82) is 0 Å². The van der Waals surface area contributed by atoms with Gasteiger partial charge in [0.1, 0.15) is 6.61 Å². The number of para-hydroxylation sites is 1. The minimum absolute atomic E-state index is 0.00806. The molecule has 1 aromatic carbocycles. The van der Waals surface area contributed by atoms with Gasteiger partial charge in [0.2, 0.25) is 0 Å². The van der Waals surface area contributed by atoms with Crippen molar-refractivity contribution in [3.63, 3.8) is 0 Å². The predicted molar refractivity (Wildman–Crippen MR) is 58.3 cm³/mol. The van der Waals surface area contributed by atoms with E-state index in [0.29, 0.717) is 11.5 Å². The zero-order valence-corrected chi connectivity index (χ0v) is 9.45. The van der Waals surface area contributed by atoms with Crippen molar-refractivity contribution in [2.24, 2.45) is 0 Å². The molecule has 1 aromatic rings. The summed E-state index contributed by atoms with van der Waals surface area (Å²) in [6.45, 7) is 0.296. The highest BCUT2D eigenvalue weighted by Crippen LogP contribution is 2.31. The van der Waals surface area contributed by atoms with E-state index in [9.17, 15) is 0 Å². The molecule has 13 heavy (non-hydrogen) atoms. The number of rotatable bonds is 4. The second-order valence-corrected chi connectivity index (χ2v) is 3.51. The topological polar surface area (TPSA) is 38.7 Å². The minimum Gasteiger partial charge on any atom is -0.493 e. The zero-order valence-electron chi connectivity index (χ0n) is 7.29. The summed E-state index contributed by atoms with van der Waals surface area (Å²) in [5.41, 5.74) is 0. The van der Waals surface area contributed by atoms with Gasteiger partial charge in [0.15, 0.2) is 11.5 Å². The molecular formula is C9H11IO3. The highest BCUT2D eigenvalue weighted by Gasteiger charge is 2.07. The quantitative estimate of drug-likeness (QED) is 0.859. The van der Waals surface area contributed by atoms with Gasteiger partial charge in [-0.1, -0.05) is 6.07 Å². The highest BCUT2D eigenvalue weighted by atomic mass is 127. The van der Waals surface area contributed by atoms with E-state index in [2.05, 4.69) is 22.6 Å². The van der Waals surface area contributed by atoms with E-state index in [1.54, 1.807) is 7.11 Å². The van der Waals surface area contributed by atoms with Crippen LogP contribution in [0.3, 0.4) is 0 Å². The third-order valence-electron chi connectivity index (χ3n) is 1.49. The number of methoxy groups -OCH3 is 1. The molecular weight excluding hydrogens is 283 g/mol. The van der Waals surface area contributed by atoms with Crippen molar-refractivity contribution in [3.8, 4) is 11.5 Å². The fourth-order valence-corrected chi connectivity index (χ4v) is 1.57. The number of aliphatic hydroxyl groups is 1. The summed E-state index contributed by atoms with van der Waals surface area (Å²) in [7, 11) is 1.59. The first-order chi connectivity index (χ1) is 6.29. The van der Waals surface area contributed by atoms with Crippen molar-refractivity contribution in [1.82, 2.24) is 0 Å². The van der Waals surface area contributed by atoms with Gasteiger partial charge in [-0.3, -0.25) is 0 Å². The summed E-state index contributed by atoms with van der Waals surface area (Å²) in [4.78, 5) is 0. The van der Waals surface area contributed by atoms with Crippen LogP contribution in [0, 0.1) is 3.57 Å². The Labute approximate surface area is 90.8 Å². The maximum atomic E-state index is 8.61. The molecule has 1 rings (SSSR count). The predicted octanol–water partition coefficient (Wildman–Crippen LogP) is 1.67. The number of hydrogen-bond acceptors (Lipinski definition) is 3. The lowest BCUT2D eigenvalue weighted by Crippen LogP contribution is -2.04. The van der Waals surface area contributed by atoms with Crippen molar-refractivity contribution in [2.45, 2.75) is 0 Å². The first-order valence-electron chi connectivity index (χ1n) is 3.85. The van der Waals surface area contributed by atoms with Crippen LogP contribution in [-0.2, 0) is 0 Å². The lowest BCUT2D eigenvalue weighted by molar-refractivity contribution is 0.195. The van der Waals surface area contributed by atoms with Gasteiger partial charge in [0.25, 0.3) is 0 Å². The number of ether oxygens (including phenoxy) is 2. The maximum Gasteiger partial charge on any atom is 0.174 e. The van der Waals surface area contributed by atoms with Gasteiger partial charge in [0.05, 0.1) is 17.3 Å². The Balaban J connectivity index is 2.87. The summed E-state index contributed by atoms with van der Waals surface area (Å²) in [6, 6.07) is 5.65. The molecule has 0 radical (unpaired) electrons. The van der Waals surface area contributed by atoms with Crippen LogP contribution >= 0.6 is 22.6 Å². The van der Waals surface area contributed by atoms with Crippen molar-refractivity contribution >= 4 is 22.6 Å². The van der Waals surface area contributed by atoms with E-state index < -0.39 is 0 Å². The third kappa shape index (κ3) is 2.73. The van der Waals surface area contributed by atoms with E-state index in [0.717, 1.165) is 3.57 Å². The number of hydrogen-bond donors (Lipinski definition) is 1. The van der Waals surface area contributed by atoms with Crippen LogP contribution in [0.25, 0.3) is 0 Å². The largest absolute Gasteiger partial charge is 0.493 e. The first-order valence-corrected chi connectivity index (χ1v) is 4.93. The lowest BCUT2D eigenvalue weighted by Gasteiger charge is -2.10. The van der Waals surface area contributed by atoms with E-state index in [4.69, 9.17) is 14.6 Å². The second-order valence-electron chi connectivity index (χ2n) is 2.34. The Kier molecular flexibility index (Phi) is 4.31. The van der Waals surface area contributed by atoms with Gasteiger partial charge in [-0.15, -0.1) is 0 Å². The van der Waals surface area contributed by atoms with Crippen LogP contribution in [-0.4, -0.2) is 25.4 Å². The van der Waals surface area contributed by atoms with Crippen molar-refractivity contribution in [3.05, 3.63) is 21.8 Å². The molecule has 0 amide bonds. The van der Waals surface area contributed by atoms with Crippen LogP contribution in [0.2, 0.25) is 0 Å². The molecule has 0 atom stereocenters. The number of halogens is 1. The van der Waals surface area contributed by atoms with E-state index >= 15 is 0 Å². The average Bonchev–Trinajstić information content (AvgIpc) is 2.15. The lowest BCUT2D eigenvalue weighted by atomic mass is 10.3. The summed E-state index contributed by atoms with van der Waals surface area (Å²) in [6.07, 6.45) is 0. The highest BCUT2D eigenvalue weighted by molar-refractivity contribution is 14.1. The van der Waals surface area contributed by atoms with Crippen LogP contribution in [0.5, 0.6) is 11.5 Å². The van der Waals surface area contributed by atoms with E-state index in [1.807, 2.05) is 18.2 Å². The Hall–Kier alpha value is -0.490. The summed E-state index contributed by atoms with van der Waals surface area (Å²) in [5, 5.41) is 8.61. The van der Waals surface area contributed by atoms with Crippen LogP contribution in [0.1, 0.15) is 0 Å².